The number of hydrogen-bond acceptors (Lipinski definition) is 6. The van der Waals surface area contributed by atoms with Gasteiger partial charge in [-0.15, -0.1) is 0 Å². The van der Waals surface area contributed by atoms with Crippen molar-refractivity contribution in [2.45, 2.75) is 6.61 Å². The Labute approximate surface area is 211 Å². The Morgan fingerprint density at radius 2 is 1.60 bits per heavy atom. The minimum absolute atomic E-state index is 0.0550. The number of ether oxygens (including phenoxy) is 3. The van der Waals surface area contributed by atoms with Crippen LogP contribution in [0.5, 0.6) is 5.75 Å². The molecule has 0 unspecified atom stereocenters. The van der Waals surface area contributed by atoms with Gasteiger partial charge in [-0.1, -0.05) is 53.5 Å². The zero-order valence-corrected chi connectivity index (χ0v) is 20.0. The third kappa shape index (κ3) is 5.48. The highest BCUT2D eigenvalue weighted by Gasteiger charge is 2.42. The molecule has 0 atom stereocenters. The summed E-state index contributed by atoms with van der Waals surface area (Å²) in [7, 11) is 1.24. The van der Waals surface area contributed by atoms with Crippen molar-refractivity contribution in [3.05, 3.63) is 105 Å². The molecule has 1 heterocycles. The molecule has 0 radical (unpaired) electrons. The molecule has 0 fully saturated rings. The number of nitrogens with zero attached hydrogens (tertiary/aromatic N) is 1. The van der Waals surface area contributed by atoms with Gasteiger partial charge in [0.15, 0.2) is 0 Å². The molecule has 1 amide bonds. The number of carbonyl (C=O) groups is 3. The third-order valence-electron chi connectivity index (χ3n) is 5.13. The highest BCUT2D eigenvalue weighted by molar-refractivity contribution is 6.31. The summed E-state index contributed by atoms with van der Waals surface area (Å²) in [6.07, 6.45) is 0. The Balaban J connectivity index is 1.66. The Bertz CT molecular complexity index is 1310. The molecular formula is C26H19Cl2NO6. The van der Waals surface area contributed by atoms with Crippen molar-refractivity contribution in [1.29, 1.82) is 0 Å². The number of methoxy groups -OCH3 is 1. The van der Waals surface area contributed by atoms with Gasteiger partial charge >= 0.3 is 11.9 Å². The lowest BCUT2D eigenvalue weighted by atomic mass is 9.97. The second kappa shape index (κ2) is 10.6. The Morgan fingerprint density at radius 3 is 2.29 bits per heavy atom. The van der Waals surface area contributed by atoms with E-state index in [9.17, 15) is 14.4 Å². The van der Waals surface area contributed by atoms with Gasteiger partial charge < -0.3 is 14.2 Å². The van der Waals surface area contributed by atoms with E-state index < -0.39 is 17.8 Å². The van der Waals surface area contributed by atoms with Crippen molar-refractivity contribution >= 4 is 46.7 Å². The van der Waals surface area contributed by atoms with E-state index in [0.717, 1.165) is 5.56 Å². The maximum absolute atomic E-state index is 13.0. The number of halogens is 2. The van der Waals surface area contributed by atoms with Crippen molar-refractivity contribution in [2.75, 3.05) is 13.7 Å². The quantitative estimate of drug-likeness (QED) is 0.390. The summed E-state index contributed by atoms with van der Waals surface area (Å²) >= 11 is 12.1. The van der Waals surface area contributed by atoms with Crippen molar-refractivity contribution in [3.63, 3.8) is 0 Å². The van der Waals surface area contributed by atoms with Gasteiger partial charge in [-0.05, 0) is 48.0 Å². The fraction of sp³-hybridized carbons (Fsp3) is 0.115. The second-order valence-electron chi connectivity index (χ2n) is 7.45. The molecule has 9 heteroatoms. The van der Waals surface area contributed by atoms with E-state index in [4.69, 9.17) is 37.4 Å². The van der Waals surface area contributed by atoms with Crippen LogP contribution in [0.25, 0.3) is 5.70 Å². The lowest BCUT2D eigenvalue weighted by Crippen LogP contribution is -2.46. The van der Waals surface area contributed by atoms with Crippen LogP contribution in [0.3, 0.4) is 0 Å². The predicted molar refractivity (Wildman–Crippen MR) is 130 cm³/mol. The van der Waals surface area contributed by atoms with Crippen LogP contribution in [0, 0.1) is 0 Å². The molecule has 7 nitrogen and oxygen atoms in total. The summed E-state index contributed by atoms with van der Waals surface area (Å²) in [4.78, 5) is 39.2. The molecule has 0 aromatic heterocycles. The maximum Gasteiger partial charge on any atom is 0.338 e. The van der Waals surface area contributed by atoms with Crippen LogP contribution < -0.4 is 4.74 Å². The summed E-state index contributed by atoms with van der Waals surface area (Å²) in [6, 6.07) is 20.1. The molecule has 1 aliphatic heterocycles. The maximum atomic E-state index is 13.0. The first kappa shape index (κ1) is 24.3. The minimum atomic E-state index is -0.638. The summed E-state index contributed by atoms with van der Waals surface area (Å²) in [5.41, 5.74) is 1.45. The fourth-order valence-electron chi connectivity index (χ4n) is 3.44. The zero-order valence-electron chi connectivity index (χ0n) is 18.5. The lowest BCUT2D eigenvalue weighted by Gasteiger charge is -2.35. The second-order valence-corrected chi connectivity index (χ2v) is 8.33. The highest BCUT2D eigenvalue weighted by atomic mass is 35.5. The number of esters is 2. The minimum Gasteiger partial charge on any atom is -0.465 e. The Hall–Kier alpha value is -3.81. The van der Waals surface area contributed by atoms with Gasteiger partial charge in [-0.2, -0.15) is 0 Å². The standard InChI is InChI=1S/C26H19Cl2NO6/c1-33-26(32)20-12-9-18(28)13-21(20)23-24(35-19-10-7-17(27)8-11-19)25(31)29(23)14-22(30)34-15-16-5-3-2-4-6-16/h2-13H,14-15H2,1H3. The Morgan fingerprint density at radius 1 is 0.914 bits per heavy atom. The molecule has 4 rings (SSSR count). The van der Waals surface area contributed by atoms with E-state index in [1.54, 1.807) is 24.3 Å². The average Bonchev–Trinajstić information content (AvgIpc) is 2.87. The van der Waals surface area contributed by atoms with Crippen LogP contribution in [-0.4, -0.2) is 36.4 Å². The topological polar surface area (TPSA) is 82.1 Å². The van der Waals surface area contributed by atoms with Gasteiger partial charge in [0, 0.05) is 15.6 Å². The number of benzene rings is 3. The predicted octanol–water partition coefficient (Wildman–Crippen LogP) is 5.11. The summed E-state index contributed by atoms with van der Waals surface area (Å²) in [6.45, 7) is -0.332. The van der Waals surface area contributed by atoms with E-state index in [-0.39, 0.29) is 35.7 Å². The third-order valence-corrected chi connectivity index (χ3v) is 5.62. The van der Waals surface area contributed by atoms with Crippen molar-refractivity contribution in [2.24, 2.45) is 0 Å². The monoisotopic (exact) mass is 511 g/mol. The van der Waals surface area contributed by atoms with Crippen LogP contribution in [0.4, 0.5) is 0 Å². The number of amides is 1. The fourth-order valence-corrected chi connectivity index (χ4v) is 3.74. The lowest BCUT2D eigenvalue weighted by molar-refractivity contribution is -0.149. The molecule has 0 saturated carbocycles. The molecule has 3 aromatic rings. The molecule has 0 N–H and O–H groups in total. The molecule has 0 aliphatic carbocycles. The molecule has 0 spiro atoms. The van der Waals surface area contributed by atoms with Gasteiger partial charge in [0.2, 0.25) is 5.76 Å². The molecule has 0 bridgehead atoms. The van der Waals surface area contributed by atoms with Crippen LogP contribution in [0.2, 0.25) is 10.0 Å². The van der Waals surface area contributed by atoms with Crippen molar-refractivity contribution < 1.29 is 28.6 Å². The number of hydrogen-bond donors (Lipinski definition) is 0. The first-order valence-corrected chi connectivity index (χ1v) is 11.2. The van der Waals surface area contributed by atoms with Gasteiger partial charge in [0.25, 0.3) is 5.91 Å². The van der Waals surface area contributed by atoms with Gasteiger partial charge in [-0.3, -0.25) is 14.5 Å². The first-order valence-electron chi connectivity index (χ1n) is 10.4. The van der Waals surface area contributed by atoms with Crippen LogP contribution in [0.15, 0.2) is 78.6 Å². The van der Waals surface area contributed by atoms with Crippen LogP contribution in [0.1, 0.15) is 21.5 Å². The van der Waals surface area contributed by atoms with Gasteiger partial charge in [-0.25, -0.2) is 4.79 Å². The van der Waals surface area contributed by atoms with E-state index in [0.29, 0.717) is 15.8 Å². The van der Waals surface area contributed by atoms with E-state index >= 15 is 0 Å². The molecule has 3 aromatic carbocycles. The zero-order chi connectivity index (χ0) is 24.9. The average molecular weight is 512 g/mol. The molecule has 1 aliphatic rings. The molecular weight excluding hydrogens is 493 g/mol. The summed E-state index contributed by atoms with van der Waals surface area (Å²) in [5, 5.41) is 0.814. The molecule has 0 saturated heterocycles. The van der Waals surface area contributed by atoms with Crippen LogP contribution >= 0.6 is 23.2 Å². The Kier molecular flexibility index (Phi) is 7.39. The summed E-state index contributed by atoms with van der Waals surface area (Å²) < 4.78 is 16.0. The summed E-state index contributed by atoms with van der Waals surface area (Å²) in [5.74, 6) is -1.53. The largest absolute Gasteiger partial charge is 0.465 e. The van der Waals surface area contributed by atoms with E-state index in [2.05, 4.69) is 0 Å². The SMILES string of the molecule is COC(=O)c1ccc(Cl)cc1C1=C(Oc2ccc(Cl)cc2)C(=O)N1CC(=O)OCc1ccccc1. The molecule has 178 valence electrons. The van der Waals surface area contributed by atoms with Gasteiger partial charge in [0.1, 0.15) is 24.6 Å². The van der Waals surface area contributed by atoms with Crippen LogP contribution in [-0.2, 0) is 25.7 Å². The highest BCUT2D eigenvalue weighted by Crippen LogP contribution is 2.38. The normalized spacial score (nSPS) is 12.8. The van der Waals surface area contributed by atoms with E-state index in [1.807, 2.05) is 30.3 Å². The first-order chi connectivity index (χ1) is 16.9. The molecule has 35 heavy (non-hydrogen) atoms. The van der Waals surface area contributed by atoms with Crippen molar-refractivity contribution in [1.82, 2.24) is 4.90 Å². The van der Waals surface area contributed by atoms with Gasteiger partial charge in [0.05, 0.1) is 12.7 Å². The van der Waals surface area contributed by atoms with E-state index in [1.165, 1.54) is 30.2 Å². The van der Waals surface area contributed by atoms with Crippen molar-refractivity contribution in [3.8, 4) is 5.75 Å². The smallest absolute Gasteiger partial charge is 0.338 e. The number of carbonyl (C=O) groups excluding carboxylic acids is 3. The number of rotatable bonds is 8.